The van der Waals surface area contributed by atoms with Crippen LogP contribution in [0, 0.1) is 6.92 Å². The van der Waals surface area contributed by atoms with E-state index in [1.54, 1.807) is 18.3 Å². The van der Waals surface area contributed by atoms with Gasteiger partial charge in [0.1, 0.15) is 11.3 Å². The van der Waals surface area contributed by atoms with Crippen molar-refractivity contribution >= 4 is 35.6 Å². The van der Waals surface area contributed by atoms with Crippen LogP contribution >= 0.6 is 12.6 Å². The number of aryl methyl sites for hydroxylation is 2. The summed E-state index contributed by atoms with van der Waals surface area (Å²) in [6.07, 6.45) is 4.64. The van der Waals surface area contributed by atoms with Crippen LogP contribution in [0.4, 0.5) is 10.6 Å². The van der Waals surface area contributed by atoms with Crippen molar-refractivity contribution in [3.05, 3.63) is 78.0 Å². The molecule has 0 bridgehead atoms. The largest absolute Gasteiger partial charge is 0.338 e. The molecule has 6 nitrogen and oxygen atoms in total. The average molecular weight is 444 g/mol. The van der Waals surface area contributed by atoms with Crippen molar-refractivity contribution in [2.75, 3.05) is 11.9 Å². The van der Waals surface area contributed by atoms with E-state index in [0.29, 0.717) is 29.2 Å². The van der Waals surface area contributed by atoms with Crippen LogP contribution in [-0.2, 0) is 6.42 Å². The Kier molecular flexibility index (Phi) is 6.97. The van der Waals surface area contributed by atoms with E-state index in [1.807, 2.05) is 43.3 Å². The molecule has 32 heavy (non-hydrogen) atoms. The summed E-state index contributed by atoms with van der Waals surface area (Å²) in [6, 6.07) is 19.6. The summed E-state index contributed by atoms with van der Waals surface area (Å²) in [6.45, 7) is 2.62. The Morgan fingerprint density at radius 1 is 1.00 bits per heavy atom. The van der Waals surface area contributed by atoms with E-state index in [1.165, 1.54) is 5.56 Å². The number of nitrogens with zero attached hydrogens (tertiary/aromatic N) is 3. The monoisotopic (exact) mass is 443 g/mol. The lowest BCUT2D eigenvalue weighted by Gasteiger charge is -2.09. The van der Waals surface area contributed by atoms with Gasteiger partial charge in [-0.25, -0.2) is 14.8 Å². The summed E-state index contributed by atoms with van der Waals surface area (Å²) >= 11 is 4.55. The number of rotatable bonds is 7. The highest BCUT2D eigenvalue weighted by Crippen LogP contribution is 2.26. The van der Waals surface area contributed by atoms with Gasteiger partial charge in [0.05, 0.1) is 11.9 Å². The van der Waals surface area contributed by atoms with Crippen LogP contribution in [-0.4, -0.2) is 27.5 Å². The molecule has 0 spiro atoms. The Bertz CT molecular complexity index is 1230. The molecule has 2 heterocycles. The molecule has 162 valence electrons. The van der Waals surface area contributed by atoms with Gasteiger partial charge in [-0.15, -0.1) is 12.6 Å². The molecule has 0 aliphatic carbocycles. The molecule has 7 heteroatoms. The van der Waals surface area contributed by atoms with Crippen molar-refractivity contribution in [3.63, 3.8) is 0 Å². The quantitative estimate of drug-likeness (QED) is 0.263. The molecule has 0 aliphatic rings. The predicted molar refractivity (Wildman–Crippen MR) is 131 cm³/mol. The second-order valence-electron chi connectivity index (χ2n) is 7.64. The Morgan fingerprint density at radius 3 is 2.66 bits per heavy atom. The van der Waals surface area contributed by atoms with Gasteiger partial charge in [-0.2, -0.15) is 0 Å². The number of carbonyl (C=O) groups excluding carboxylic acids is 1. The van der Waals surface area contributed by atoms with Gasteiger partial charge in [-0.1, -0.05) is 42.5 Å². The summed E-state index contributed by atoms with van der Waals surface area (Å²) in [4.78, 5) is 26.6. The molecule has 0 radical (unpaired) electrons. The van der Waals surface area contributed by atoms with Crippen LogP contribution in [0.3, 0.4) is 0 Å². The fraction of sp³-hybridized carbons (Fsp3) is 0.200. The Morgan fingerprint density at radius 2 is 1.84 bits per heavy atom. The van der Waals surface area contributed by atoms with Gasteiger partial charge in [-0.05, 0) is 55.5 Å². The molecule has 0 fully saturated rings. The second-order valence-corrected chi connectivity index (χ2v) is 8.12. The van der Waals surface area contributed by atoms with E-state index >= 15 is 0 Å². The van der Waals surface area contributed by atoms with Crippen molar-refractivity contribution in [1.82, 2.24) is 20.3 Å². The first-order chi connectivity index (χ1) is 15.6. The summed E-state index contributed by atoms with van der Waals surface area (Å²) in [7, 11) is 0. The topological polar surface area (TPSA) is 79.8 Å². The van der Waals surface area contributed by atoms with Crippen LogP contribution in [0.25, 0.3) is 22.4 Å². The number of aromatic nitrogens is 3. The van der Waals surface area contributed by atoms with Gasteiger partial charge < -0.3 is 5.32 Å². The lowest BCUT2D eigenvalue weighted by Crippen LogP contribution is -2.29. The molecule has 2 N–H and O–H groups in total. The number of nitrogens with one attached hydrogen (secondary N) is 2. The molecule has 2 amide bonds. The standard InChI is InChI=1S/C25H25N5OS/c1-17-10-11-19(22(32)15-17)21-16-27-20-12-13-23(29-24(20)28-21)30-25(31)26-14-6-5-9-18-7-3-2-4-8-18/h2-4,7-8,10-13,15-16,32H,5-6,9,14H2,1H3,(H2,26,28,29,30,31). The van der Waals surface area contributed by atoms with E-state index in [4.69, 9.17) is 0 Å². The zero-order valence-electron chi connectivity index (χ0n) is 17.9. The van der Waals surface area contributed by atoms with E-state index in [0.717, 1.165) is 35.3 Å². The van der Waals surface area contributed by atoms with Gasteiger partial charge in [0, 0.05) is 17.0 Å². The van der Waals surface area contributed by atoms with E-state index in [2.05, 4.69) is 50.3 Å². The van der Waals surface area contributed by atoms with Crippen molar-refractivity contribution in [1.29, 1.82) is 0 Å². The maximum absolute atomic E-state index is 12.2. The molecule has 0 atom stereocenters. The molecule has 2 aromatic heterocycles. The third-order valence-corrected chi connectivity index (χ3v) is 5.47. The summed E-state index contributed by atoms with van der Waals surface area (Å²) < 4.78 is 0. The van der Waals surface area contributed by atoms with Crippen molar-refractivity contribution in [2.24, 2.45) is 0 Å². The van der Waals surface area contributed by atoms with E-state index in [-0.39, 0.29) is 6.03 Å². The van der Waals surface area contributed by atoms with Crippen molar-refractivity contribution in [2.45, 2.75) is 31.1 Å². The Hall–Kier alpha value is -3.45. The molecular formula is C25H25N5OS. The minimum atomic E-state index is -0.281. The van der Waals surface area contributed by atoms with Gasteiger partial charge in [0.25, 0.3) is 0 Å². The zero-order valence-corrected chi connectivity index (χ0v) is 18.8. The van der Waals surface area contributed by atoms with E-state index in [9.17, 15) is 4.79 Å². The number of pyridine rings is 1. The van der Waals surface area contributed by atoms with Crippen LogP contribution < -0.4 is 10.6 Å². The van der Waals surface area contributed by atoms with Crippen LogP contribution in [0.1, 0.15) is 24.0 Å². The number of hydrogen-bond acceptors (Lipinski definition) is 5. The number of carbonyl (C=O) groups is 1. The van der Waals surface area contributed by atoms with Gasteiger partial charge >= 0.3 is 6.03 Å². The average Bonchev–Trinajstić information content (AvgIpc) is 2.79. The van der Waals surface area contributed by atoms with Crippen LogP contribution in [0.2, 0.25) is 0 Å². The van der Waals surface area contributed by atoms with E-state index < -0.39 is 0 Å². The van der Waals surface area contributed by atoms with Gasteiger partial charge in [0.2, 0.25) is 0 Å². The minimum absolute atomic E-state index is 0.281. The molecular weight excluding hydrogens is 418 g/mol. The number of benzene rings is 2. The third-order valence-electron chi connectivity index (χ3n) is 5.10. The number of thiol groups is 1. The second kappa shape index (κ2) is 10.2. The SMILES string of the molecule is Cc1ccc(-c2cnc3ccc(NC(=O)NCCCCc4ccccc4)nc3n2)c(S)c1. The number of hydrogen-bond donors (Lipinski definition) is 3. The number of unbranched alkanes of at least 4 members (excludes halogenated alkanes) is 1. The fourth-order valence-corrected chi connectivity index (χ4v) is 3.81. The highest BCUT2D eigenvalue weighted by molar-refractivity contribution is 7.80. The Labute approximate surface area is 192 Å². The minimum Gasteiger partial charge on any atom is -0.338 e. The first-order valence-corrected chi connectivity index (χ1v) is 11.1. The maximum atomic E-state index is 12.2. The first kappa shape index (κ1) is 21.8. The normalized spacial score (nSPS) is 10.8. The van der Waals surface area contributed by atoms with Gasteiger partial charge in [-0.3, -0.25) is 10.3 Å². The highest BCUT2D eigenvalue weighted by Gasteiger charge is 2.09. The number of urea groups is 1. The lowest BCUT2D eigenvalue weighted by atomic mass is 10.1. The summed E-state index contributed by atoms with van der Waals surface area (Å²) in [5.41, 5.74) is 5.15. The number of fused-ring (bicyclic) bond motifs is 1. The third kappa shape index (κ3) is 5.62. The highest BCUT2D eigenvalue weighted by atomic mass is 32.1. The van der Waals surface area contributed by atoms with Crippen LogP contribution in [0.15, 0.2) is 71.8 Å². The Balaban J connectivity index is 1.35. The molecule has 0 saturated carbocycles. The summed E-state index contributed by atoms with van der Waals surface area (Å²) in [5.74, 6) is 0.431. The molecule has 0 aliphatic heterocycles. The molecule has 0 unspecified atom stereocenters. The van der Waals surface area contributed by atoms with Crippen molar-refractivity contribution in [3.8, 4) is 11.3 Å². The van der Waals surface area contributed by atoms with Gasteiger partial charge in [0.15, 0.2) is 5.65 Å². The summed E-state index contributed by atoms with van der Waals surface area (Å²) in [5, 5.41) is 5.66. The van der Waals surface area contributed by atoms with Crippen LogP contribution in [0.5, 0.6) is 0 Å². The number of amides is 2. The predicted octanol–water partition coefficient (Wildman–Crippen LogP) is 5.43. The smallest absolute Gasteiger partial charge is 0.320 e. The molecule has 2 aromatic carbocycles. The van der Waals surface area contributed by atoms with Crippen molar-refractivity contribution < 1.29 is 4.79 Å². The maximum Gasteiger partial charge on any atom is 0.320 e. The molecule has 4 rings (SSSR count). The zero-order chi connectivity index (χ0) is 22.3. The lowest BCUT2D eigenvalue weighted by molar-refractivity contribution is 0.252. The molecule has 4 aromatic rings. The first-order valence-electron chi connectivity index (χ1n) is 10.6. The fourth-order valence-electron chi connectivity index (χ4n) is 3.42. The molecule has 0 saturated heterocycles. The number of anilines is 1.